The molecule has 1 aromatic carbocycles. The number of rotatable bonds is 4. The summed E-state index contributed by atoms with van der Waals surface area (Å²) in [5.74, 6) is 0. The number of hydrogen-bond donors (Lipinski definition) is 2. The van der Waals surface area contributed by atoms with Gasteiger partial charge in [-0.15, -0.1) is 0 Å². The van der Waals surface area contributed by atoms with Crippen LogP contribution in [-0.2, 0) is 11.2 Å². The van der Waals surface area contributed by atoms with Gasteiger partial charge >= 0.3 is 6.09 Å². The van der Waals surface area contributed by atoms with Crippen LogP contribution in [0.25, 0.3) is 0 Å². The molecule has 0 spiro atoms. The second-order valence-electron chi connectivity index (χ2n) is 7.15. The molecule has 0 aliphatic heterocycles. The molecule has 1 saturated carbocycles. The number of carbonyl (C=O) groups excluding carboxylic acids is 1. The van der Waals surface area contributed by atoms with Crippen molar-refractivity contribution in [3.8, 4) is 0 Å². The van der Waals surface area contributed by atoms with Gasteiger partial charge in [-0.2, -0.15) is 0 Å². The fraction of sp³-hybridized carbons (Fsp3) is 0.611. The lowest BCUT2D eigenvalue weighted by Gasteiger charge is -2.22. The quantitative estimate of drug-likeness (QED) is 0.780. The molecule has 2 N–H and O–H groups in total. The van der Waals surface area contributed by atoms with Gasteiger partial charge in [-0.05, 0) is 70.2 Å². The zero-order valence-electron chi connectivity index (χ0n) is 14.4. The first-order chi connectivity index (χ1) is 10.8. The van der Waals surface area contributed by atoms with E-state index in [2.05, 4.69) is 51.7 Å². The van der Waals surface area contributed by atoms with Crippen molar-refractivity contribution in [2.75, 3.05) is 5.32 Å². The van der Waals surface area contributed by atoms with E-state index in [9.17, 15) is 4.79 Å². The van der Waals surface area contributed by atoms with Crippen molar-refractivity contribution in [1.29, 1.82) is 0 Å². The fourth-order valence-electron chi connectivity index (χ4n) is 2.93. The normalized spacial score (nSPS) is 21.1. The fourth-order valence-corrected chi connectivity index (χ4v) is 3.34. The van der Waals surface area contributed by atoms with Gasteiger partial charge in [0.25, 0.3) is 0 Å². The maximum atomic E-state index is 11.9. The average Bonchev–Trinajstić information content (AvgIpc) is 2.85. The Morgan fingerprint density at radius 2 is 2.00 bits per heavy atom. The lowest BCUT2D eigenvalue weighted by molar-refractivity contribution is 0.0505. The molecule has 1 aliphatic rings. The number of hydrogen-bond acceptors (Lipinski definition) is 3. The summed E-state index contributed by atoms with van der Waals surface area (Å²) in [5.41, 5.74) is 2.05. The van der Waals surface area contributed by atoms with Gasteiger partial charge in [0, 0.05) is 22.2 Å². The van der Waals surface area contributed by atoms with E-state index in [1.54, 1.807) is 0 Å². The molecule has 4 nitrogen and oxygen atoms in total. The highest BCUT2D eigenvalue weighted by Gasteiger charge is 2.27. The Kier molecular flexibility index (Phi) is 5.95. The minimum absolute atomic E-state index is 0.183. The number of nitrogens with one attached hydrogen (secondary N) is 2. The van der Waals surface area contributed by atoms with Gasteiger partial charge in [-0.25, -0.2) is 4.79 Å². The zero-order valence-corrected chi connectivity index (χ0v) is 16.0. The summed E-state index contributed by atoms with van der Waals surface area (Å²) in [6.45, 7) is 7.80. The topological polar surface area (TPSA) is 50.4 Å². The van der Waals surface area contributed by atoms with E-state index in [1.807, 2.05) is 20.8 Å². The molecule has 1 amide bonds. The molecule has 5 heteroatoms. The van der Waals surface area contributed by atoms with Crippen LogP contribution in [0.3, 0.4) is 0 Å². The second-order valence-corrected chi connectivity index (χ2v) is 8.07. The van der Waals surface area contributed by atoms with Crippen molar-refractivity contribution in [2.45, 2.75) is 71.1 Å². The summed E-state index contributed by atoms with van der Waals surface area (Å²) in [6.07, 6.45) is 3.64. The molecule has 0 bridgehead atoms. The Labute approximate surface area is 147 Å². The summed E-state index contributed by atoms with van der Waals surface area (Å²) >= 11 is 3.52. The first-order valence-electron chi connectivity index (χ1n) is 8.31. The van der Waals surface area contributed by atoms with Crippen LogP contribution in [0, 0.1) is 0 Å². The predicted octanol–water partition coefficient (Wildman–Crippen LogP) is 4.87. The lowest BCUT2D eigenvalue weighted by atomic mass is 10.1. The molecule has 1 aliphatic carbocycles. The molecule has 2 unspecified atom stereocenters. The van der Waals surface area contributed by atoms with E-state index in [0.717, 1.165) is 30.2 Å². The minimum Gasteiger partial charge on any atom is -0.444 e. The van der Waals surface area contributed by atoms with Crippen LogP contribution < -0.4 is 10.6 Å². The Hall–Kier alpha value is -1.23. The van der Waals surface area contributed by atoms with Crippen molar-refractivity contribution >= 4 is 27.7 Å². The molecular weight excluding hydrogens is 356 g/mol. The summed E-state index contributed by atoms with van der Waals surface area (Å²) in [7, 11) is 0. The molecule has 128 valence electrons. The Morgan fingerprint density at radius 3 is 2.65 bits per heavy atom. The standard InChI is InChI=1S/C18H27BrN2O2/c1-5-12-10-13(19)6-9-16(12)20-14-7-8-15(11-14)21-17(22)23-18(2,3)4/h6,9-10,14-15,20H,5,7-8,11H2,1-4H3,(H,21,22). The van der Waals surface area contributed by atoms with Crippen molar-refractivity contribution in [3.05, 3.63) is 28.2 Å². The minimum atomic E-state index is -0.451. The molecule has 0 saturated heterocycles. The van der Waals surface area contributed by atoms with Gasteiger partial charge in [0.15, 0.2) is 0 Å². The van der Waals surface area contributed by atoms with Gasteiger partial charge in [0.05, 0.1) is 0 Å². The van der Waals surface area contributed by atoms with Crippen molar-refractivity contribution in [1.82, 2.24) is 5.32 Å². The molecule has 0 heterocycles. The maximum absolute atomic E-state index is 11.9. The monoisotopic (exact) mass is 382 g/mol. The number of carbonyl (C=O) groups is 1. The molecule has 23 heavy (non-hydrogen) atoms. The summed E-state index contributed by atoms with van der Waals surface area (Å²) in [4.78, 5) is 11.9. The van der Waals surface area contributed by atoms with Crippen LogP contribution in [0.15, 0.2) is 22.7 Å². The Morgan fingerprint density at radius 1 is 1.30 bits per heavy atom. The first-order valence-corrected chi connectivity index (χ1v) is 9.10. The predicted molar refractivity (Wildman–Crippen MR) is 97.9 cm³/mol. The van der Waals surface area contributed by atoms with E-state index >= 15 is 0 Å². The van der Waals surface area contributed by atoms with Gasteiger partial charge < -0.3 is 15.4 Å². The van der Waals surface area contributed by atoms with Crippen LogP contribution in [-0.4, -0.2) is 23.8 Å². The average molecular weight is 383 g/mol. The zero-order chi connectivity index (χ0) is 17.0. The number of ether oxygens (including phenoxy) is 1. The number of aryl methyl sites for hydroxylation is 1. The highest BCUT2D eigenvalue weighted by molar-refractivity contribution is 9.10. The number of alkyl carbamates (subject to hydrolysis) is 1. The Bertz CT molecular complexity index is 554. The smallest absolute Gasteiger partial charge is 0.407 e. The van der Waals surface area contributed by atoms with Crippen LogP contribution >= 0.6 is 15.9 Å². The molecule has 0 radical (unpaired) electrons. The molecule has 1 fully saturated rings. The van der Waals surface area contributed by atoms with Gasteiger partial charge in [0.2, 0.25) is 0 Å². The van der Waals surface area contributed by atoms with Crippen LogP contribution in [0.2, 0.25) is 0 Å². The van der Waals surface area contributed by atoms with Gasteiger partial charge in [-0.1, -0.05) is 22.9 Å². The highest BCUT2D eigenvalue weighted by atomic mass is 79.9. The number of halogens is 1. The SMILES string of the molecule is CCc1cc(Br)ccc1NC1CCC(NC(=O)OC(C)(C)C)C1. The van der Waals surface area contributed by atoms with E-state index in [-0.39, 0.29) is 12.1 Å². The third-order valence-corrected chi connectivity index (χ3v) is 4.45. The molecular formula is C18H27BrN2O2. The number of amides is 1. The molecule has 2 atom stereocenters. The third kappa shape index (κ3) is 5.72. The van der Waals surface area contributed by atoms with E-state index in [4.69, 9.17) is 4.74 Å². The lowest BCUT2D eigenvalue weighted by Crippen LogP contribution is -2.38. The van der Waals surface area contributed by atoms with E-state index in [1.165, 1.54) is 11.3 Å². The van der Waals surface area contributed by atoms with Gasteiger partial charge in [0.1, 0.15) is 5.60 Å². The van der Waals surface area contributed by atoms with Crippen LogP contribution in [0.5, 0.6) is 0 Å². The van der Waals surface area contributed by atoms with Crippen LogP contribution in [0.4, 0.5) is 10.5 Å². The summed E-state index contributed by atoms with van der Waals surface area (Å²) < 4.78 is 6.43. The van der Waals surface area contributed by atoms with Crippen molar-refractivity contribution in [2.24, 2.45) is 0 Å². The van der Waals surface area contributed by atoms with Crippen molar-refractivity contribution in [3.63, 3.8) is 0 Å². The first kappa shape index (κ1) is 18.1. The maximum Gasteiger partial charge on any atom is 0.407 e. The second kappa shape index (κ2) is 7.56. The third-order valence-electron chi connectivity index (χ3n) is 3.96. The Balaban J connectivity index is 1.87. The van der Waals surface area contributed by atoms with E-state index in [0.29, 0.717) is 6.04 Å². The van der Waals surface area contributed by atoms with E-state index < -0.39 is 5.60 Å². The number of anilines is 1. The molecule has 0 aromatic heterocycles. The van der Waals surface area contributed by atoms with Crippen molar-refractivity contribution < 1.29 is 9.53 Å². The molecule has 1 aromatic rings. The largest absolute Gasteiger partial charge is 0.444 e. The summed E-state index contributed by atoms with van der Waals surface area (Å²) in [5, 5.41) is 6.61. The van der Waals surface area contributed by atoms with Gasteiger partial charge in [-0.3, -0.25) is 0 Å². The summed E-state index contributed by atoms with van der Waals surface area (Å²) in [6, 6.07) is 6.92. The van der Waals surface area contributed by atoms with Crippen LogP contribution in [0.1, 0.15) is 52.5 Å². The highest BCUT2D eigenvalue weighted by Crippen LogP contribution is 2.27. The number of benzene rings is 1. The molecule has 2 rings (SSSR count).